The van der Waals surface area contributed by atoms with Crippen LogP contribution >= 0.6 is 11.6 Å². The maximum absolute atomic E-state index is 6.75. The van der Waals surface area contributed by atoms with Crippen molar-refractivity contribution in [2.24, 2.45) is 0 Å². The van der Waals surface area contributed by atoms with Gasteiger partial charge in [-0.1, -0.05) is 109 Å². The summed E-state index contributed by atoms with van der Waals surface area (Å²) < 4.78 is 6.75. The number of likely N-dealkylation sites (tertiary alicyclic amines) is 1. The van der Waals surface area contributed by atoms with Gasteiger partial charge < -0.3 is 4.74 Å². The van der Waals surface area contributed by atoms with Gasteiger partial charge >= 0.3 is 0 Å². The van der Waals surface area contributed by atoms with Gasteiger partial charge in [0.05, 0.1) is 12.1 Å². The van der Waals surface area contributed by atoms with Crippen LogP contribution in [0.5, 0.6) is 0 Å². The summed E-state index contributed by atoms with van der Waals surface area (Å²) in [5, 5.41) is 0.741. The van der Waals surface area contributed by atoms with Crippen LogP contribution in [0.1, 0.15) is 40.0 Å². The normalized spacial score (nSPS) is 15.4. The van der Waals surface area contributed by atoms with Gasteiger partial charge in [0.1, 0.15) is 6.10 Å². The molecule has 0 N–H and O–H groups in total. The predicted molar refractivity (Wildman–Crippen MR) is 136 cm³/mol. The highest BCUT2D eigenvalue weighted by Gasteiger charge is 2.36. The molecule has 166 valence electrons. The second kappa shape index (κ2) is 9.93. The molecular formula is C30H28ClNO. The Balaban J connectivity index is 1.37. The molecule has 1 unspecified atom stereocenters. The van der Waals surface area contributed by atoms with Crippen molar-refractivity contribution in [1.82, 2.24) is 4.90 Å². The lowest BCUT2D eigenvalue weighted by molar-refractivity contribution is -0.0911. The molecule has 1 fully saturated rings. The van der Waals surface area contributed by atoms with E-state index in [1.807, 2.05) is 12.1 Å². The van der Waals surface area contributed by atoms with Gasteiger partial charge in [0.15, 0.2) is 0 Å². The van der Waals surface area contributed by atoms with Gasteiger partial charge in [0.25, 0.3) is 0 Å². The van der Waals surface area contributed by atoms with E-state index in [4.69, 9.17) is 16.3 Å². The molecule has 5 rings (SSSR count). The third-order valence-electron chi connectivity index (χ3n) is 6.44. The van der Waals surface area contributed by atoms with Crippen molar-refractivity contribution in [1.29, 1.82) is 0 Å². The zero-order chi connectivity index (χ0) is 22.6. The largest absolute Gasteiger partial charge is 0.363 e. The van der Waals surface area contributed by atoms with Crippen LogP contribution < -0.4 is 0 Å². The smallest absolute Gasteiger partial charge is 0.108 e. The van der Waals surface area contributed by atoms with Gasteiger partial charge in [0.2, 0.25) is 0 Å². The molecule has 0 saturated carbocycles. The molecule has 0 bridgehead atoms. The van der Waals surface area contributed by atoms with Crippen LogP contribution in [0.2, 0.25) is 5.02 Å². The predicted octanol–water partition coefficient (Wildman–Crippen LogP) is 7.23. The summed E-state index contributed by atoms with van der Waals surface area (Å²) in [7, 11) is 0. The standard InChI is InChI=1S/C30H28ClNO/c1-22-10-8-9-15-28(22)30(25-16-18-26(31)19-17-25)33-27-20-32(21-27)29(23-11-4-2-5-12-23)24-13-6-3-7-14-24/h2-19,27,29-30H,20-21H2,1H3. The highest BCUT2D eigenvalue weighted by molar-refractivity contribution is 6.30. The molecule has 1 heterocycles. The Labute approximate surface area is 201 Å². The Morgan fingerprint density at radius 2 is 1.24 bits per heavy atom. The van der Waals surface area contributed by atoms with E-state index >= 15 is 0 Å². The molecule has 0 aromatic heterocycles. The first-order valence-corrected chi connectivity index (χ1v) is 11.9. The number of aryl methyl sites for hydroxylation is 1. The van der Waals surface area contributed by atoms with Crippen LogP contribution in [0.3, 0.4) is 0 Å². The van der Waals surface area contributed by atoms with Crippen LogP contribution in [0, 0.1) is 6.92 Å². The van der Waals surface area contributed by atoms with Crippen molar-refractivity contribution in [3.05, 3.63) is 142 Å². The molecule has 0 radical (unpaired) electrons. The molecule has 2 nitrogen and oxygen atoms in total. The fourth-order valence-corrected chi connectivity index (χ4v) is 4.82. The lowest BCUT2D eigenvalue weighted by atomic mass is 9.93. The fourth-order valence-electron chi connectivity index (χ4n) is 4.69. The summed E-state index contributed by atoms with van der Waals surface area (Å²) in [6.07, 6.45) is 0.0581. The van der Waals surface area contributed by atoms with E-state index in [-0.39, 0.29) is 18.2 Å². The average molecular weight is 454 g/mol. The lowest BCUT2D eigenvalue weighted by Gasteiger charge is -2.45. The van der Waals surface area contributed by atoms with Gasteiger partial charge in [0, 0.05) is 18.1 Å². The Morgan fingerprint density at radius 3 is 1.82 bits per heavy atom. The minimum Gasteiger partial charge on any atom is -0.363 e. The summed E-state index contributed by atoms with van der Waals surface area (Å²) in [4.78, 5) is 2.51. The first kappa shape index (κ1) is 21.9. The molecule has 0 aliphatic carbocycles. The number of rotatable bonds is 7. The van der Waals surface area contributed by atoms with Crippen LogP contribution in [0.15, 0.2) is 109 Å². The Hall–Kier alpha value is -2.91. The number of halogens is 1. The number of hydrogen-bond donors (Lipinski definition) is 0. The summed E-state index contributed by atoms with van der Waals surface area (Å²) in [5.41, 5.74) is 6.21. The van der Waals surface area contributed by atoms with Crippen molar-refractivity contribution < 1.29 is 4.74 Å². The van der Waals surface area contributed by atoms with Crippen LogP contribution in [0.25, 0.3) is 0 Å². The number of ether oxygens (including phenoxy) is 1. The van der Waals surface area contributed by atoms with E-state index in [0.717, 1.165) is 23.7 Å². The third-order valence-corrected chi connectivity index (χ3v) is 6.70. The van der Waals surface area contributed by atoms with E-state index < -0.39 is 0 Å². The minimum absolute atomic E-state index is 0.109. The molecule has 1 saturated heterocycles. The average Bonchev–Trinajstić information content (AvgIpc) is 2.83. The summed E-state index contributed by atoms with van der Waals surface area (Å²) in [5.74, 6) is 0. The molecular weight excluding hydrogens is 426 g/mol. The molecule has 4 aromatic carbocycles. The zero-order valence-corrected chi connectivity index (χ0v) is 19.5. The number of hydrogen-bond acceptors (Lipinski definition) is 2. The summed E-state index contributed by atoms with van der Waals surface area (Å²) in [6, 6.07) is 38.3. The first-order chi connectivity index (χ1) is 16.2. The van der Waals surface area contributed by atoms with E-state index in [1.165, 1.54) is 22.3 Å². The van der Waals surface area contributed by atoms with E-state index in [9.17, 15) is 0 Å². The third kappa shape index (κ3) is 4.89. The molecule has 1 aliphatic rings. The Morgan fingerprint density at radius 1 is 0.697 bits per heavy atom. The molecule has 0 spiro atoms. The van der Waals surface area contributed by atoms with Crippen molar-refractivity contribution in [2.45, 2.75) is 25.2 Å². The van der Waals surface area contributed by atoms with Gasteiger partial charge in [-0.25, -0.2) is 0 Å². The van der Waals surface area contributed by atoms with Crippen molar-refractivity contribution in [2.75, 3.05) is 13.1 Å². The maximum atomic E-state index is 6.75. The number of nitrogens with zero attached hydrogens (tertiary/aromatic N) is 1. The van der Waals surface area contributed by atoms with Gasteiger partial charge in [-0.05, 0) is 46.9 Å². The Bertz CT molecular complexity index is 1130. The molecule has 33 heavy (non-hydrogen) atoms. The number of benzene rings is 4. The van der Waals surface area contributed by atoms with Crippen LogP contribution in [0.4, 0.5) is 0 Å². The van der Waals surface area contributed by atoms with Crippen molar-refractivity contribution >= 4 is 11.6 Å². The summed E-state index contributed by atoms with van der Waals surface area (Å²) in [6.45, 7) is 3.93. The molecule has 0 amide bonds. The van der Waals surface area contributed by atoms with E-state index in [2.05, 4.69) is 109 Å². The maximum Gasteiger partial charge on any atom is 0.108 e. The van der Waals surface area contributed by atoms with E-state index in [0.29, 0.717) is 0 Å². The summed E-state index contributed by atoms with van der Waals surface area (Å²) >= 11 is 6.16. The second-order valence-electron chi connectivity index (χ2n) is 8.72. The van der Waals surface area contributed by atoms with Gasteiger partial charge in [-0.2, -0.15) is 0 Å². The highest BCUT2D eigenvalue weighted by atomic mass is 35.5. The van der Waals surface area contributed by atoms with Gasteiger partial charge in [-0.3, -0.25) is 4.90 Å². The van der Waals surface area contributed by atoms with Crippen molar-refractivity contribution in [3.8, 4) is 0 Å². The minimum atomic E-state index is -0.109. The first-order valence-electron chi connectivity index (χ1n) is 11.5. The molecule has 4 aromatic rings. The molecule has 1 atom stereocenters. The van der Waals surface area contributed by atoms with Crippen LogP contribution in [-0.2, 0) is 4.74 Å². The second-order valence-corrected chi connectivity index (χ2v) is 9.16. The molecule has 3 heteroatoms. The van der Waals surface area contributed by atoms with E-state index in [1.54, 1.807) is 0 Å². The fraction of sp³-hybridized carbons (Fsp3) is 0.200. The lowest BCUT2D eigenvalue weighted by Crippen LogP contribution is -2.54. The van der Waals surface area contributed by atoms with Gasteiger partial charge in [-0.15, -0.1) is 0 Å². The van der Waals surface area contributed by atoms with Crippen molar-refractivity contribution in [3.63, 3.8) is 0 Å². The zero-order valence-electron chi connectivity index (χ0n) is 18.8. The highest BCUT2D eigenvalue weighted by Crippen LogP contribution is 2.37. The monoisotopic (exact) mass is 453 g/mol. The SMILES string of the molecule is Cc1ccccc1C(OC1CN(C(c2ccccc2)c2ccccc2)C1)c1ccc(Cl)cc1. The quantitative estimate of drug-likeness (QED) is 0.292. The van der Waals surface area contributed by atoms with Crippen LogP contribution in [-0.4, -0.2) is 24.1 Å². The topological polar surface area (TPSA) is 12.5 Å². The Kier molecular flexibility index (Phi) is 6.59. The molecule has 1 aliphatic heterocycles.